The molecule has 8 N–H and O–H groups in total. The Morgan fingerprint density at radius 1 is 0.878 bits per heavy atom. The molecule has 3 heterocycles. The average Bonchev–Trinajstić information content (AvgIpc) is 3.52. The number of para-hydroxylation sites is 1. The third kappa shape index (κ3) is 9.07. The number of carbonyl (C=O) groups excluding carboxylic acids is 3. The largest absolute Gasteiger partial charge is 0.361 e. The van der Waals surface area contributed by atoms with Gasteiger partial charge in [-0.1, -0.05) is 54.2 Å². The molecule has 0 fully saturated rings. The summed E-state index contributed by atoms with van der Waals surface area (Å²) in [6.45, 7) is 3.62. The van der Waals surface area contributed by atoms with Crippen LogP contribution < -0.4 is 27.4 Å². The van der Waals surface area contributed by atoms with E-state index < -0.39 is 18.1 Å². The number of pyridine rings is 1. The summed E-state index contributed by atoms with van der Waals surface area (Å²) in [6, 6.07) is 15.5. The second-order valence-electron chi connectivity index (χ2n) is 12.6. The Bertz CT molecular complexity index is 1740. The highest BCUT2D eigenvalue weighted by molar-refractivity contribution is 7.99. The first-order valence-electron chi connectivity index (χ1n) is 17.0. The molecule has 2 aromatic heterocycles. The van der Waals surface area contributed by atoms with Crippen LogP contribution in [0.5, 0.6) is 0 Å². The van der Waals surface area contributed by atoms with Gasteiger partial charge in [0.05, 0.1) is 6.04 Å². The zero-order valence-electron chi connectivity index (χ0n) is 28.3. The van der Waals surface area contributed by atoms with Gasteiger partial charge in [-0.05, 0) is 86.5 Å². The normalized spacial score (nSPS) is 19.6. The van der Waals surface area contributed by atoms with Gasteiger partial charge in [0.15, 0.2) is 0 Å². The summed E-state index contributed by atoms with van der Waals surface area (Å²) in [6.07, 6.45) is 6.82. The van der Waals surface area contributed by atoms with E-state index in [4.69, 9.17) is 16.5 Å². The minimum atomic E-state index is -0.842. The van der Waals surface area contributed by atoms with Crippen molar-refractivity contribution in [1.29, 1.82) is 0 Å². The van der Waals surface area contributed by atoms with Crippen molar-refractivity contribution in [3.05, 3.63) is 89.2 Å². The third-order valence-electron chi connectivity index (χ3n) is 9.12. The fraction of sp³-hybridized carbons (Fsp3) is 0.405. The molecular formula is C37H48N8O3S. The fourth-order valence-electron chi connectivity index (χ4n) is 6.26. The minimum Gasteiger partial charge on any atom is -0.361 e. The predicted octanol–water partition coefficient (Wildman–Crippen LogP) is 3.53. The molecule has 49 heavy (non-hydrogen) atoms. The molecule has 3 atom stereocenters. The standard InChI is InChI=1S/C37H48N8O3S/c1-24-10-7-11-25-21-43-35(47)32(20-27-23-41-29-14-4-3-13-28(27)29)45(2)37(48)31(15-5-6-17-38)44-34(46)30(16-8-18-39)42-22-26-12-9-19-40-36(26)49-33(24)25/h3-4,7,9-14,19,23,30-32,41-42H,5-6,8,15-18,20-22,38-39H2,1-2H3,(H,43,47)(H,44,46)/t30?,31-,32-/m0/s1. The van der Waals surface area contributed by atoms with Gasteiger partial charge in [0.2, 0.25) is 17.7 Å². The van der Waals surface area contributed by atoms with Crippen molar-refractivity contribution >= 4 is 40.4 Å². The number of aromatic nitrogens is 2. The van der Waals surface area contributed by atoms with E-state index in [1.165, 1.54) is 4.90 Å². The zero-order chi connectivity index (χ0) is 34.8. The van der Waals surface area contributed by atoms with Crippen LogP contribution in [0.25, 0.3) is 10.9 Å². The lowest BCUT2D eigenvalue weighted by Crippen LogP contribution is -2.57. The number of carbonyl (C=O) groups is 3. The van der Waals surface area contributed by atoms with Crippen molar-refractivity contribution in [2.75, 3.05) is 20.1 Å². The quantitative estimate of drug-likeness (QED) is 0.145. The number of nitrogens with zero attached hydrogens (tertiary/aromatic N) is 2. The van der Waals surface area contributed by atoms with Crippen LogP contribution >= 0.6 is 11.8 Å². The highest BCUT2D eigenvalue weighted by Gasteiger charge is 2.34. The number of likely N-dealkylation sites (N-methyl/N-ethyl adjacent to an activating group) is 1. The van der Waals surface area contributed by atoms with Crippen molar-refractivity contribution in [3.8, 4) is 0 Å². The number of fused-ring (bicyclic) bond motifs is 3. The molecular weight excluding hydrogens is 637 g/mol. The van der Waals surface area contributed by atoms with E-state index in [2.05, 4.69) is 20.9 Å². The minimum absolute atomic E-state index is 0.271. The van der Waals surface area contributed by atoms with Crippen molar-refractivity contribution in [3.63, 3.8) is 0 Å². The van der Waals surface area contributed by atoms with E-state index >= 15 is 0 Å². The van der Waals surface area contributed by atoms with Gasteiger partial charge in [-0.25, -0.2) is 4.98 Å². The van der Waals surface area contributed by atoms with E-state index in [0.717, 1.165) is 43.1 Å². The summed E-state index contributed by atoms with van der Waals surface area (Å²) in [4.78, 5) is 53.0. The number of H-pyrrole nitrogens is 1. The summed E-state index contributed by atoms with van der Waals surface area (Å²) in [5.74, 6) is -0.890. The zero-order valence-corrected chi connectivity index (χ0v) is 29.2. The Morgan fingerprint density at radius 2 is 1.65 bits per heavy atom. The molecule has 0 saturated heterocycles. The number of benzene rings is 2. The Morgan fingerprint density at radius 3 is 2.47 bits per heavy atom. The van der Waals surface area contributed by atoms with Gasteiger partial charge < -0.3 is 37.3 Å². The highest BCUT2D eigenvalue weighted by atomic mass is 32.2. The van der Waals surface area contributed by atoms with E-state index in [9.17, 15) is 14.4 Å². The number of rotatable bonds is 9. The maximum absolute atomic E-state index is 14.3. The predicted molar refractivity (Wildman–Crippen MR) is 194 cm³/mol. The van der Waals surface area contributed by atoms with Gasteiger partial charge in [-0.3, -0.25) is 14.4 Å². The Labute approximate surface area is 292 Å². The lowest BCUT2D eigenvalue weighted by Gasteiger charge is -2.32. The molecule has 260 valence electrons. The topological polar surface area (TPSA) is 171 Å². The molecule has 5 rings (SSSR count). The number of amides is 3. The first-order valence-corrected chi connectivity index (χ1v) is 17.9. The van der Waals surface area contributed by atoms with Crippen LogP contribution in [0.2, 0.25) is 0 Å². The van der Waals surface area contributed by atoms with Gasteiger partial charge in [0, 0.05) is 54.8 Å². The third-order valence-corrected chi connectivity index (χ3v) is 10.5. The van der Waals surface area contributed by atoms with Crippen LogP contribution in [-0.4, -0.2) is 70.9 Å². The van der Waals surface area contributed by atoms with Gasteiger partial charge in [0.1, 0.15) is 17.1 Å². The molecule has 0 saturated carbocycles. The first kappa shape index (κ1) is 36.1. The second kappa shape index (κ2) is 17.4. The van der Waals surface area contributed by atoms with Gasteiger partial charge in [-0.15, -0.1) is 0 Å². The van der Waals surface area contributed by atoms with Gasteiger partial charge in [0.25, 0.3) is 0 Å². The number of nitrogens with two attached hydrogens (primary N) is 2. The van der Waals surface area contributed by atoms with E-state index in [1.54, 1.807) is 25.0 Å². The number of nitrogens with one attached hydrogen (secondary N) is 4. The lowest BCUT2D eigenvalue weighted by molar-refractivity contribution is -0.142. The van der Waals surface area contributed by atoms with Crippen LogP contribution in [0.3, 0.4) is 0 Å². The Hall–Kier alpha value is -4.23. The SMILES string of the molecule is Cc1cccc2c1Sc1ncccc1CNC(CCCN)C(=O)N[C@@H](CCCCN)C(=O)N(C)[C@@H](Cc1c[nH]c3ccccc13)C(=O)NC2. The van der Waals surface area contributed by atoms with Crippen LogP contribution in [0.1, 0.15) is 54.4 Å². The Kier molecular flexibility index (Phi) is 12.8. The molecule has 1 aliphatic heterocycles. The number of aryl methyl sites for hydroxylation is 1. The summed E-state index contributed by atoms with van der Waals surface area (Å²) in [5, 5.41) is 11.4. The molecule has 0 bridgehead atoms. The first-order chi connectivity index (χ1) is 23.8. The van der Waals surface area contributed by atoms with Crippen molar-refractivity contribution in [2.24, 2.45) is 11.5 Å². The highest BCUT2D eigenvalue weighted by Crippen LogP contribution is 2.34. The molecule has 0 spiro atoms. The van der Waals surface area contributed by atoms with Crippen LogP contribution in [0.4, 0.5) is 0 Å². The summed E-state index contributed by atoms with van der Waals surface area (Å²) < 4.78 is 0. The molecule has 12 heteroatoms. The maximum Gasteiger partial charge on any atom is 0.245 e. The van der Waals surface area contributed by atoms with E-state index in [1.807, 2.05) is 67.7 Å². The van der Waals surface area contributed by atoms with Crippen LogP contribution in [0, 0.1) is 6.92 Å². The van der Waals surface area contributed by atoms with E-state index in [0.29, 0.717) is 51.7 Å². The van der Waals surface area contributed by atoms with Crippen molar-refractivity contribution < 1.29 is 14.4 Å². The Balaban J connectivity index is 1.55. The van der Waals surface area contributed by atoms with Crippen LogP contribution in [-0.2, 0) is 33.9 Å². The number of unbranched alkanes of at least 4 members (excludes halogenated alkanes) is 1. The summed E-state index contributed by atoms with van der Waals surface area (Å²) in [5.41, 5.74) is 16.5. The molecule has 0 aliphatic carbocycles. The molecule has 1 aliphatic rings. The van der Waals surface area contributed by atoms with Gasteiger partial charge >= 0.3 is 0 Å². The number of aromatic amines is 1. The average molecular weight is 685 g/mol. The van der Waals surface area contributed by atoms with Crippen LogP contribution in [0.15, 0.2) is 76.9 Å². The second-order valence-corrected chi connectivity index (χ2v) is 13.6. The van der Waals surface area contributed by atoms with Gasteiger partial charge in [-0.2, -0.15) is 0 Å². The number of hydrogen-bond donors (Lipinski definition) is 6. The van der Waals surface area contributed by atoms with E-state index in [-0.39, 0.29) is 30.7 Å². The molecule has 1 unspecified atom stereocenters. The molecule has 4 aromatic rings. The lowest BCUT2D eigenvalue weighted by atomic mass is 10.0. The molecule has 11 nitrogen and oxygen atoms in total. The fourth-order valence-corrected chi connectivity index (χ4v) is 7.34. The monoisotopic (exact) mass is 684 g/mol. The molecule has 3 amide bonds. The number of hydrogen-bond acceptors (Lipinski definition) is 8. The summed E-state index contributed by atoms with van der Waals surface area (Å²) in [7, 11) is 1.65. The smallest absolute Gasteiger partial charge is 0.245 e. The molecule has 0 radical (unpaired) electrons. The van der Waals surface area contributed by atoms with Crippen molar-refractivity contribution in [2.45, 2.75) is 86.6 Å². The molecule has 2 aromatic carbocycles. The van der Waals surface area contributed by atoms with Crippen molar-refractivity contribution in [1.82, 2.24) is 30.8 Å². The maximum atomic E-state index is 14.3. The summed E-state index contributed by atoms with van der Waals surface area (Å²) >= 11 is 1.55.